The maximum Gasteiger partial charge on any atom is 0.360 e. The molecule has 9 heteroatoms. The number of benzene rings is 2. The summed E-state index contributed by atoms with van der Waals surface area (Å²) in [6, 6.07) is 15.3. The number of rotatable bonds is 12. The summed E-state index contributed by atoms with van der Waals surface area (Å²) < 4.78 is 38.5. The molecule has 224 valence electrons. The van der Waals surface area contributed by atoms with Gasteiger partial charge in [0.05, 0.1) is 18.8 Å². The van der Waals surface area contributed by atoms with Gasteiger partial charge in [0, 0.05) is 11.1 Å². The van der Waals surface area contributed by atoms with Gasteiger partial charge in [-0.3, -0.25) is 4.18 Å². The molecule has 2 aromatic carbocycles. The fraction of sp³-hybridized carbons (Fsp3) is 0.438. The molecule has 1 saturated carbocycles. The summed E-state index contributed by atoms with van der Waals surface area (Å²) in [5.41, 5.74) is 4.25. The van der Waals surface area contributed by atoms with Gasteiger partial charge in [0.15, 0.2) is 0 Å². The first-order valence-corrected chi connectivity index (χ1v) is 14.6. The molecule has 3 rings (SSSR count). The van der Waals surface area contributed by atoms with Gasteiger partial charge in [0.2, 0.25) is 0 Å². The van der Waals surface area contributed by atoms with Crippen LogP contribution in [-0.2, 0) is 46.0 Å². The minimum atomic E-state index is -1.83. The lowest BCUT2D eigenvalue weighted by molar-refractivity contribution is -0.146. The maximum atomic E-state index is 11.9. The Morgan fingerprint density at radius 3 is 2.07 bits per heavy atom. The number of aryl methyl sites for hydroxylation is 2. The Hall–Kier alpha value is -3.27. The molecule has 2 aromatic rings. The highest BCUT2D eigenvalue weighted by Crippen LogP contribution is 2.25. The van der Waals surface area contributed by atoms with E-state index in [4.69, 9.17) is 22.6 Å². The lowest BCUT2D eigenvalue weighted by atomic mass is 9.95. The number of hydrogen-bond donors (Lipinski definition) is 0. The van der Waals surface area contributed by atoms with E-state index in [1.54, 1.807) is 26.0 Å². The number of carbonyl (C=O) groups excluding carboxylic acids is 2. The van der Waals surface area contributed by atoms with Crippen molar-refractivity contribution in [2.75, 3.05) is 6.61 Å². The number of esters is 2. The van der Waals surface area contributed by atoms with Crippen LogP contribution in [0, 0.1) is 13.8 Å². The van der Waals surface area contributed by atoms with Crippen molar-refractivity contribution < 1.29 is 36.4 Å². The predicted molar refractivity (Wildman–Crippen MR) is 159 cm³/mol. The van der Waals surface area contributed by atoms with Crippen molar-refractivity contribution in [1.82, 2.24) is 0 Å². The summed E-state index contributed by atoms with van der Waals surface area (Å²) in [7, 11) is 0. The fourth-order valence-corrected chi connectivity index (χ4v) is 4.39. The Morgan fingerprint density at radius 2 is 1.49 bits per heavy atom. The highest BCUT2D eigenvalue weighted by Gasteiger charge is 2.26. The van der Waals surface area contributed by atoms with E-state index in [1.807, 2.05) is 57.2 Å². The van der Waals surface area contributed by atoms with Gasteiger partial charge in [-0.05, 0) is 83.6 Å². The first-order valence-electron chi connectivity index (χ1n) is 13.6. The van der Waals surface area contributed by atoms with Gasteiger partial charge in [0.25, 0.3) is 0 Å². The van der Waals surface area contributed by atoms with Gasteiger partial charge in [-0.25, -0.2) is 9.59 Å². The predicted octanol–water partition coefficient (Wildman–Crippen LogP) is 6.42. The molecule has 0 aliphatic heterocycles. The van der Waals surface area contributed by atoms with Crippen LogP contribution in [0.15, 0.2) is 72.8 Å². The standard InChI is InChI=1S/C17H22O5S.C15H20O3/c1-12(2)17(18)20-14-8-10-16(11-9-14)22-23(19)21-15-6-4-13(3)5-7-15;1-11(2)15(16)18-9-13(4)17-10-14-8-6-5-7-12(14)3/h4-7,14,16H,1,8-11H2,2-3H3;5-8,13H,1,9-10H2,2-4H3. The molecule has 2 atom stereocenters. The lowest BCUT2D eigenvalue weighted by Crippen LogP contribution is -2.29. The Bertz CT molecular complexity index is 1180. The Morgan fingerprint density at radius 1 is 0.902 bits per heavy atom. The van der Waals surface area contributed by atoms with Crippen molar-refractivity contribution >= 4 is 23.3 Å². The summed E-state index contributed by atoms with van der Waals surface area (Å²) >= 11 is -1.83. The van der Waals surface area contributed by atoms with Crippen molar-refractivity contribution in [2.24, 2.45) is 0 Å². The van der Waals surface area contributed by atoms with Crippen molar-refractivity contribution in [3.8, 4) is 5.75 Å². The van der Waals surface area contributed by atoms with Gasteiger partial charge >= 0.3 is 23.3 Å². The molecule has 1 aliphatic rings. The third kappa shape index (κ3) is 13.3. The largest absolute Gasteiger partial charge is 0.460 e. The van der Waals surface area contributed by atoms with Gasteiger partial charge in [-0.15, -0.1) is 0 Å². The second-order valence-corrected chi connectivity index (χ2v) is 11.0. The van der Waals surface area contributed by atoms with Gasteiger partial charge in [-0.1, -0.05) is 55.1 Å². The number of hydrogen-bond acceptors (Lipinski definition) is 8. The Balaban J connectivity index is 0.000000296. The topological polar surface area (TPSA) is 97.4 Å². The van der Waals surface area contributed by atoms with Crippen LogP contribution in [0.5, 0.6) is 5.75 Å². The molecule has 0 saturated heterocycles. The van der Waals surface area contributed by atoms with Crippen LogP contribution < -0.4 is 4.18 Å². The van der Waals surface area contributed by atoms with Crippen molar-refractivity contribution in [3.63, 3.8) is 0 Å². The molecule has 0 amide bonds. The molecule has 0 bridgehead atoms. The van der Waals surface area contributed by atoms with E-state index < -0.39 is 11.4 Å². The zero-order valence-corrected chi connectivity index (χ0v) is 25.5. The SMILES string of the molecule is C=C(C)C(=O)OC1CCC(OS(=O)Oc2ccc(C)cc2)CC1.C=C(C)C(=O)OCC(C)OCc1ccccc1C. The van der Waals surface area contributed by atoms with E-state index in [2.05, 4.69) is 13.2 Å². The van der Waals surface area contributed by atoms with E-state index >= 15 is 0 Å². The van der Waals surface area contributed by atoms with Gasteiger partial charge < -0.3 is 18.4 Å². The zero-order chi connectivity index (χ0) is 30.4. The molecule has 0 heterocycles. The second-order valence-electron chi connectivity index (χ2n) is 10.2. The molecule has 2 unspecified atom stereocenters. The second kappa shape index (κ2) is 17.5. The van der Waals surface area contributed by atoms with E-state index in [0.29, 0.717) is 49.2 Å². The molecule has 1 aliphatic carbocycles. The zero-order valence-electron chi connectivity index (χ0n) is 24.7. The fourth-order valence-electron chi connectivity index (χ4n) is 3.67. The maximum absolute atomic E-state index is 11.9. The summed E-state index contributed by atoms with van der Waals surface area (Å²) in [6.07, 6.45) is 2.32. The molecule has 1 fully saturated rings. The lowest BCUT2D eigenvalue weighted by Gasteiger charge is -2.27. The van der Waals surface area contributed by atoms with Crippen LogP contribution in [-0.4, -0.2) is 41.1 Å². The minimum absolute atomic E-state index is 0.120. The molecule has 0 aromatic heterocycles. The minimum Gasteiger partial charge on any atom is -0.460 e. The van der Waals surface area contributed by atoms with Crippen LogP contribution in [0.1, 0.15) is 63.1 Å². The summed E-state index contributed by atoms with van der Waals surface area (Å²) in [6.45, 7) is 17.0. The first-order chi connectivity index (χ1) is 19.4. The molecule has 8 nitrogen and oxygen atoms in total. The van der Waals surface area contributed by atoms with Gasteiger partial charge in [-0.2, -0.15) is 4.21 Å². The third-order valence-corrected chi connectivity index (χ3v) is 6.98. The smallest absolute Gasteiger partial charge is 0.360 e. The summed E-state index contributed by atoms with van der Waals surface area (Å²) in [5.74, 6) is -0.222. The molecular formula is C32H42O8S. The van der Waals surface area contributed by atoms with Crippen molar-refractivity contribution in [3.05, 3.63) is 89.5 Å². The molecule has 0 radical (unpaired) electrons. The molecule has 0 N–H and O–H groups in total. The molecular weight excluding hydrogens is 544 g/mol. The Labute approximate surface area is 246 Å². The number of carbonyl (C=O) groups is 2. The van der Waals surface area contributed by atoms with Crippen LogP contribution in [0.4, 0.5) is 0 Å². The van der Waals surface area contributed by atoms with Crippen molar-refractivity contribution in [2.45, 2.75) is 85.2 Å². The van der Waals surface area contributed by atoms with Crippen LogP contribution in [0.25, 0.3) is 0 Å². The van der Waals surface area contributed by atoms with Crippen LogP contribution in [0.2, 0.25) is 0 Å². The van der Waals surface area contributed by atoms with Crippen molar-refractivity contribution in [1.29, 1.82) is 0 Å². The molecule has 0 spiro atoms. The van der Waals surface area contributed by atoms with E-state index in [0.717, 1.165) is 11.1 Å². The average Bonchev–Trinajstić information content (AvgIpc) is 2.93. The summed E-state index contributed by atoms with van der Waals surface area (Å²) in [4.78, 5) is 22.7. The monoisotopic (exact) mass is 586 g/mol. The quantitative estimate of drug-likeness (QED) is 0.208. The third-order valence-electron chi connectivity index (χ3n) is 6.23. The molecule has 41 heavy (non-hydrogen) atoms. The van der Waals surface area contributed by atoms with E-state index in [1.165, 1.54) is 5.56 Å². The highest BCUT2D eigenvalue weighted by molar-refractivity contribution is 7.75. The van der Waals surface area contributed by atoms with Gasteiger partial charge in [0.1, 0.15) is 18.5 Å². The number of ether oxygens (including phenoxy) is 3. The van der Waals surface area contributed by atoms with Crippen LogP contribution >= 0.6 is 0 Å². The average molecular weight is 587 g/mol. The highest BCUT2D eigenvalue weighted by atomic mass is 32.2. The van der Waals surface area contributed by atoms with E-state index in [-0.39, 0.29) is 36.9 Å². The first kappa shape index (κ1) is 33.9. The summed E-state index contributed by atoms with van der Waals surface area (Å²) in [5, 5.41) is 0. The Kier molecular flexibility index (Phi) is 14.5. The van der Waals surface area contributed by atoms with Crippen LogP contribution in [0.3, 0.4) is 0 Å². The normalized spacial score (nSPS) is 17.7. The van der Waals surface area contributed by atoms with E-state index in [9.17, 15) is 13.8 Å².